The van der Waals surface area contributed by atoms with Crippen molar-refractivity contribution in [1.82, 2.24) is 14.5 Å². The molecule has 0 radical (unpaired) electrons. The lowest BCUT2D eigenvalue weighted by atomic mass is 10.2. The third-order valence-electron chi connectivity index (χ3n) is 4.89. The summed E-state index contributed by atoms with van der Waals surface area (Å²) >= 11 is 0.910. The molecule has 2 N–H and O–H groups in total. The van der Waals surface area contributed by atoms with Crippen LogP contribution in [-0.2, 0) is 25.4 Å². The highest BCUT2D eigenvalue weighted by Crippen LogP contribution is 2.23. The number of thioether (sulfide) groups is 1. The van der Waals surface area contributed by atoms with E-state index in [9.17, 15) is 23.9 Å². The third kappa shape index (κ3) is 5.73. The summed E-state index contributed by atoms with van der Waals surface area (Å²) in [7, 11) is 4.15. The van der Waals surface area contributed by atoms with E-state index in [0.717, 1.165) is 26.5 Å². The van der Waals surface area contributed by atoms with Gasteiger partial charge < -0.3 is 15.2 Å². The molecule has 0 bridgehead atoms. The molecule has 3 aromatic rings. The Bertz CT molecular complexity index is 1330. The lowest BCUT2D eigenvalue weighted by Crippen LogP contribution is -2.39. The van der Waals surface area contributed by atoms with E-state index >= 15 is 0 Å². The molecule has 9 nitrogen and oxygen atoms in total. The first kappa shape index (κ1) is 24.8. The molecule has 11 heteroatoms. The molecule has 1 amide bonds. The summed E-state index contributed by atoms with van der Waals surface area (Å²) in [5.74, 6) is -0.812. The van der Waals surface area contributed by atoms with E-state index < -0.39 is 22.9 Å². The summed E-state index contributed by atoms with van der Waals surface area (Å²) in [6, 6.07) is 12.4. The van der Waals surface area contributed by atoms with Crippen LogP contribution in [0.3, 0.4) is 0 Å². The second-order valence-electron chi connectivity index (χ2n) is 7.21. The second-order valence-corrected chi connectivity index (χ2v) is 8.18. The third-order valence-corrected chi connectivity index (χ3v) is 5.87. The van der Waals surface area contributed by atoms with Crippen molar-refractivity contribution in [3.63, 3.8) is 0 Å². The monoisotopic (exact) mass is 486 g/mol. The highest BCUT2D eigenvalue weighted by Gasteiger charge is 2.21. The van der Waals surface area contributed by atoms with Crippen molar-refractivity contribution in [3.8, 4) is 11.6 Å². The smallest absolute Gasteiger partial charge is 0.333 e. The van der Waals surface area contributed by atoms with Gasteiger partial charge >= 0.3 is 5.69 Å². The number of aromatic hydroxyl groups is 1. The highest BCUT2D eigenvalue weighted by atomic mass is 32.2. The molecule has 1 heterocycles. The lowest BCUT2D eigenvalue weighted by molar-refractivity contribution is -0.118. The average molecular weight is 487 g/mol. The highest BCUT2D eigenvalue weighted by molar-refractivity contribution is 8.15. The number of nitrogens with one attached hydrogen (secondary N) is 1. The van der Waals surface area contributed by atoms with Gasteiger partial charge in [0.15, 0.2) is 0 Å². The summed E-state index contributed by atoms with van der Waals surface area (Å²) < 4.78 is 20.1. The number of aliphatic imine (C=N–C) groups is 1. The van der Waals surface area contributed by atoms with Crippen LogP contribution in [-0.4, -0.2) is 38.1 Å². The van der Waals surface area contributed by atoms with Crippen molar-refractivity contribution in [2.75, 3.05) is 12.9 Å². The normalized spacial score (nSPS) is 11.4. The molecule has 0 aliphatic carbocycles. The Balaban J connectivity index is 1.85. The van der Waals surface area contributed by atoms with E-state index in [2.05, 4.69) is 10.3 Å². The Hall–Kier alpha value is -3.86. The van der Waals surface area contributed by atoms with Crippen LogP contribution in [0.2, 0.25) is 0 Å². The summed E-state index contributed by atoms with van der Waals surface area (Å²) in [4.78, 5) is 41.7. The van der Waals surface area contributed by atoms with Gasteiger partial charge in [-0.1, -0.05) is 23.9 Å². The molecule has 0 atom stereocenters. The number of ether oxygens (including phenoxy) is 1. The molecule has 0 spiro atoms. The first-order valence-electron chi connectivity index (χ1n) is 10.1. The van der Waals surface area contributed by atoms with E-state index in [1.54, 1.807) is 19.2 Å². The fourth-order valence-electron chi connectivity index (χ4n) is 2.94. The molecule has 0 fully saturated rings. The maximum Gasteiger partial charge on any atom is 0.333 e. The van der Waals surface area contributed by atoms with Crippen molar-refractivity contribution >= 4 is 28.4 Å². The number of aromatic nitrogens is 2. The Labute approximate surface area is 198 Å². The molecule has 0 saturated heterocycles. The van der Waals surface area contributed by atoms with E-state index in [0.29, 0.717) is 11.4 Å². The van der Waals surface area contributed by atoms with E-state index in [1.165, 1.54) is 38.4 Å². The fourth-order valence-corrected chi connectivity index (χ4v) is 3.81. The van der Waals surface area contributed by atoms with Crippen LogP contribution < -0.4 is 21.3 Å². The minimum absolute atomic E-state index is 0.0138. The quantitative estimate of drug-likeness (QED) is 0.390. The zero-order valence-electron chi connectivity index (χ0n) is 18.7. The number of amides is 1. The number of nitrogens with zero attached hydrogens (tertiary/aromatic N) is 3. The molecule has 0 aliphatic heterocycles. The number of hydrogen-bond acceptors (Lipinski definition) is 7. The molecular formula is C23H23FN4O5S. The topological polar surface area (TPSA) is 115 Å². The van der Waals surface area contributed by atoms with Gasteiger partial charge in [-0.15, -0.1) is 0 Å². The van der Waals surface area contributed by atoms with Crippen LogP contribution in [0.25, 0.3) is 0 Å². The molecule has 0 unspecified atom stereocenters. The molecule has 0 saturated carbocycles. The maximum atomic E-state index is 13.3. The summed E-state index contributed by atoms with van der Waals surface area (Å²) in [6.07, 6.45) is 0. The van der Waals surface area contributed by atoms with Crippen molar-refractivity contribution < 1.29 is 19.0 Å². The van der Waals surface area contributed by atoms with E-state index in [4.69, 9.17) is 4.74 Å². The van der Waals surface area contributed by atoms with Gasteiger partial charge in [-0.05, 0) is 42.0 Å². The fraction of sp³-hybridized carbons (Fsp3) is 0.217. The van der Waals surface area contributed by atoms with Crippen LogP contribution in [0.15, 0.2) is 63.1 Å². The summed E-state index contributed by atoms with van der Waals surface area (Å²) in [6.45, 7) is 0.278. The van der Waals surface area contributed by atoms with Crippen molar-refractivity contribution in [1.29, 1.82) is 0 Å². The first-order valence-corrected chi connectivity index (χ1v) is 11.1. The Morgan fingerprint density at radius 3 is 2.35 bits per heavy atom. The van der Waals surface area contributed by atoms with Gasteiger partial charge in [0.1, 0.15) is 22.2 Å². The molecular weight excluding hydrogens is 463 g/mol. The number of rotatable bonds is 7. The Morgan fingerprint density at radius 1 is 1.09 bits per heavy atom. The largest absolute Gasteiger partial charge is 0.497 e. The Morgan fingerprint density at radius 2 is 1.74 bits per heavy atom. The zero-order chi connectivity index (χ0) is 24.8. The van der Waals surface area contributed by atoms with Gasteiger partial charge in [-0.3, -0.25) is 18.7 Å². The molecule has 1 aromatic heterocycles. The molecule has 3 rings (SSSR count). The van der Waals surface area contributed by atoms with Crippen LogP contribution in [0.1, 0.15) is 11.1 Å². The molecule has 34 heavy (non-hydrogen) atoms. The van der Waals surface area contributed by atoms with Crippen molar-refractivity contribution in [2.45, 2.75) is 6.54 Å². The van der Waals surface area contributed by atoms with Gasteiger partial charge in [-0.2, -0.15) is 0 Å². The maximum absolute atomic E-state index is 13.3. The standard InChI is InChI=1S/C23H23FN4O5S/c1-27-21(30)19(22(31)28(2)23(27)32)20(26-16-8-6-15(24)7-9-16)34-13-18(29)25-12-14-4-10-17(33-3)11-5-14/h4-11,30H,12-13H2,1-3H3,(H,25,29). The number of carbonyl (C=O) groups is 1. The average Bonchev–Trinajstić information content (AvgIpc) is 2.85. The zero-order valence-corrected chi connectivity index (χ0v) is 19.6. The van der Waals surface area contributed by atoms with Crippen LogP contribution >= 0.6 is 11.8 Å². The predicted molar refractivity (Wildman–Crippen MR) is 128 cm³/mol. The minimum atomic E-state index is -0.771. The molecule has 0 aliphatic rings. The minimum Gasteiger partial charge on any atom is -0.497 e. The van der Waals surface area contributed by atoms with Gasteiger partial charge in [0.25, 0.3) is 5.56 Å². The number of carbonyl (C=O) groups excluding carboxylic acids is 1. The Kier molecular flexibility index (Phi) is 7.90. The SMILES string of the molecule is COc1ccc(CNC(=O)CSC(=Nc2ccc(F)cc2)c2c(O)n(C)c(=O)n(C)c2=O)cc1. The van der Waals surface area contributed by atoms with Crippen LogP contribution in [0, 0.1) is 5.82 Å². The molecule has 2 aromatic carbocycles. The predicted octanol–water partition coefficient (Wildman–Crippen LogP) is 2.07. The summed E-state index contributed by atoms with van der Waals surface area (Å²) in [5.41, 5.74) is -0.550. The van der Waals surface area contributed by atoms with Crippen molar-refractivity contribution in [2.24, 2.45) is 19.1 Å². The number of hydrogen-bond donors (Lipinski definition) is 2. The van der Waals surface area contributed by atoms with E-state index in [-0.39, 0.29) is 28.8 Å². The van der Waals surface area contributed by atoms with Gasteiger partial charge in [0.05, 0.1) is 18.6 Å². The van der Waals surface area contributed by atoms with Crippen molar-refractivity contribution in [3.05, 3.63) is 86.3 Å². The number of halogens is 1. The summed E-state index contributed by atoms with van der Waals surface area (Å²) in [5, 5.41) is 13.3. The van der Waals surface area contributed by atoms with Gasteiger partial charge in [0, 0.05) is 20.6 Å². The first-order chi connectivity index (χ1) is 16.2. The van der Waals surface area contributed by atoms with Gasteiger partial charge in [0.2, 0.25) is 11.8 Å². The lowest BCUT2D eigenvalue weighted by Gasteiger charge is -2.12. The number of methoxy groups -OCH3 is 1. The number of benzene rings is 2. The second kappa shape index (κ2) is 10.8. The van der Waals surface area contributed by atoms with E-state index in [1.807, 2.05) is 12.1 Å². The van der Waals surface area contributed by atoms with Crippen LogP contribution in [0.5, 0.6) is 11.6 Å². The van der Waals surface area contributed by atoms with Gasteiger partial charge in [-0.25, -0.2) is 14.2 Å². The van der Waals surface area contributed by atoms with Crippen LogP contribution in [0.4, 0.5) is 10.1 Å². The molecule has 178 valence electrons.